The van der Waals surface area contributed by atoms with Crippen LogP contribution in [0.5, 0.6) is 0 Å². The number of nitrogens with one attached hydrogen (secondary N) is 1. The Balaban J connectivity index is 1.45. The van der Waals surface area contributed by atoms with E-state index in [0.717, 1.165) is 31.0 Å². The first-order valence-corrected chi connectivity index (χ1v) is 7.42. The minimum Gasteiger partial charge on any atom is -0.338 e. The predicted molar refractivity (Wildman–Crippen MR) is 75.9 cm³/mol. The van der Waals surface area contributed by atoms with Crippen LogP contribution in [0.4, 0.5) is 0 Å². The summed E-state index contributed by atoms with van der Waals surface area (Å²) >= 11 is 0. The molecule has 0 bridgehead atoms. The first-order valence-electron chi connectivity index (χ1n) is 7.42. The summed E-state index contributed by atoms with van der Waals surface area (Å²) in [5.74, 6) is 1.77. The van der Waals surface area contributed by atoms with E-state index in [4.69, 9.17) is 0 Å². The Bertz CT molecular complexity index is 633. The average molecular weight is 283 g/mol. The summed E-state index contributed by atoms with van der Waals surface area (Å²) in [6.07, 6.45) is 8.41. The van der Waals surface area contributed by atoms with E-state index in [1.54, 1.807) is 18.6 Å². The second-order valence-corrected chi connectivity index (χ2v) is 5.85. The van der Waals surface area contributed by atoms with E-state index >= 15 is 0 Å². The van der Waals surface area contributed by atoms with Crippen LogP contribution >= 0.6 is 0 Å². The zero-order chi connectivity index (χ0) is 14.2. The molecular weight excluding hydrogens is 266 g/mol. The monoisotopic (exact) mass is 283 g/mol. The molecule has 1 atom stereocenters. The molecule has 2 fully saturated rings. The fourth-order valence-corrected chi connectivity index (χ4v) is 2.88. The lowest BCUT2D eigenvalue weighted by Gasteiger charge is -2.16. The lowest BCUT2D eigenvalue weighted by Crippen LogP contribution is -2.28. The molecule has 2 aliphatic rings. The number of amides is 1. The van der Waals surface area contributed by atoms with Gasteiger partial charge in [0.2, 0.25) is 0 Å². The first-order chi connectivity index (χ1) is 10.3. The number of aromatic nitrogens is 4. The molecule has 108 valence electrons. The van der Waals surface area contributed by atoms with E-state index in [2.05, 4.69) is 20.2 Å². The van der Waals surface area contributed by atoms with Gasteiger partial charge in [0.1, 0.15) is 5.82 Å². The molecule has 1 aliphatic heterocycles. The molecule has 0 aromatic carbocycles. The Morgan fingerprint density at radius 2 is 2.00 bits per heavy atom. The maximum Gasteiger partial charge on any atom is 0.257 e. The zero-order valence-electron chi connectivity index (χ0n) is 11.7. The van der Waals surface area contributed by atoms with Crippen molar-refractivity contribution in [3.05, 3.63) is 41.7 Å². The van der Waals surface area contributed by atoms with Crippen molar-refractivity contribution >= 4 is 5.91 Å². The number of carbonyl (C=O) groups excluding carboxylic acids is 1. The molecule has 0 unspecified atom stereocenters. The highest BCUT2D eigenvalue weighted by Gasteiger charge is 2.30. The summed E-state index contributed by atoms with van der Waals surface area (Å²) in [6.45, 7) is 1.50. The molecule has 1 amide bonds. The Morgan fingerprint density at radius 1 is 1.19 bits per heavy atom. The Morgan fingerprint density at radius 3 is 2.67 bits per heavy atom. The van der Waals surface area contributed by atoms with Crippen molar-refractivity contribution < 1.29 is 4.79 Å². The normalized spacial score (nSPS) is 21.7. The molecule has 2 aromatic heterocycles. The van der Waals surface area contributed by atoms with Crippen LogP contribution in [-0.4, -0.2) is 44.1 Å². The van der Waals surface area contributed by atoms with E-state index in [9.17, 15) is 4.79 Å². The van der Waals surface area contributed by atoms with Gasteiger partial charge < -0.3 is 4.90 Å². The van der Waals surface area contributed by atoms with E-state index in [0.29, 0.717) is 17.4 Å². The van der Waals surface area contributed by atoms with E-state index < -0.39 is 0 Å². The van der Waals surface area contributed by atoms with Crippen LogP contribution in [0.2, 0.25) is 0 Å². The first kappa shape index (κ1) is 12.5. The average Bonchev–Trinajstić information content (AvgIpc) is 3.03. The number of nitrogens with zero attached hydrogens (tertiary/aromatic N) is 4. The quantitative estimate of drug-likeness (QED) is 0.930. The number of aromatic amines is 1. The second-order valence-electron chi connectivity index (χ2n) is 5.85. The van der Waals surface area contributed by atoms with Gasteiger partial charge in [0, 0.05) is 49.2 Å². The van der Waals surface area contributed by atoms with E-state index in [-0.39, 0.29) is 5.91 Å². The standard InChI is InChI=1S/C15H17N5O/c21-15(12-7-16-14(17-8-12)10-1-2-10)20-6-4-11(9-20)13-3-5-18-19-13/h3,5,7-8,10-11H,1-2,4,6,9H2,(H,18,19)/t11-/m1/s1. The van der Waals surface area contributed by atoms with Crippen LogP contribution in [0.3, 0.4) is 0 Å². The van der Waals surface area contributed by atoms with Gasteiger partial charge in [-0.05, 0) is 25.3 Å². The van der Waals surface area contributed by atoms with Gasteiger partial charge in [-0.15, -0.1) is 0 Å². The van der Waals surface area contributed by atoms with Gasteiger partial charge in [-0.25, -0.2) is 9.97 Å². The molecule has 0 radical (unpaired) electrons. The molecule has 6 nitrogen and oxygen atoms in total. The van der Waals surface area contributed by atoms with Crippen LogP contribution in [0.25, 0.3) is 0 Å². The van der Waals surface area contributed by atoms with Crippen molar-refractivity contribution in [3.8, 4) is 0 Å². The van der Waals surface area contributed by atoms with Gasteiger partial charge in [-0.1, -0.05) is 0 Å². The van der Waals surface area contributed by atoms with Crippen molar-refractivity contribution in [2.75, 3.05) is 13.1 Å². The highest BCUT2D eigenvalue weighted by molar-refractivity contribution is 5.93. The van der Waals surface area contributed by atoms with Gasteiger partial charge in [-0.3, -0.25) is 9.89 Å². The molecule has 2 aromatic rings. The molecular formula is C15H17N5O. The van der Waals surface area contributed by atoms with Crippen molar-refractivity contribution in [1.82, 2.24) is 25.1 Å². The molecule has 4 rings (SSSR count). The Kier molecular flexibility index (Phi) is 2.94. The molecule has 1 aliphatic carbocycles. The third-order valence-corrected chi connectivity index (χ3v) is 4.30. The summed E-state index contributed by atoms with van der Waals surface area (Å²) < 4.78 is 0. The fourth-order valence-electron chi connectivity index (χ4n) is 2.88. The largest absolute Gasteiger partial charge is 0.338 e. The minimum absolute atomic E-state index is 0.0272. The molecule has 6 heteroatoms. The number of hydrogen-bond donors (Lipinski definition) is 1. The summed E-state index contributed by atoms with van der Waals surface area (Å²) in [7, 11) is 0. The van der Waals surface area contributed by atoms with Crippen LogP contribution in [-0.2, 0) is 0 Å². The molecule has 1 saturated heterocycles. The predicted octanol–water partition coefficient (Wildman–Crippen LogP) is 1.71. The lowest BCUT2D eigenvalue weighted by molar-refractivity contribution is 0.0789. The maximum absolute atomic E-state index is 12.5. The third-order valence-electron chi connectivity index (χ3n) is 4.30. The van der Waals surface area contributed by atoms with E-state index in [1.165, 1.54) is 12.8 Å². The van der Waals surface area contributed by atoms with E-state index in [1.807, 2.05) is 11.0 Å². The molecule has 3 heterocycles. The minimum atomic E-state index is 0.0272. The number of rotatable bonds is 3. The van der Waals surface area contributed by atoms with Crippen LogP contribution in [0.15, 0.2) is 24.7 Å². The van der Waals surface area contributed by atoms with Crippen molar-refractivity contribution in [1.29, 1.82) is 0 Å². The summed E-state index contributed by atoms with van der Waals surface area (Å²) in [4.78, 5) is 23.0. The summed E-state index contributed by atoms with van der Waals surface area (Å²) in [5.41, 5.74) is 1.69. The van der Waals surface area contributed by atoms with Gasteiger partial charge in [0.05, 0.1) is 5.56 Å². The Labute approximate surface area is 122 Å². The zero-order valence-corrected chi connectivity index (χ0v) is 11.7. The number of carbonyl (C=O) groups is 1. The van der Waals surface area contributed by atoms with Gasteiger partial charge >= 0.3 is 0 Å². The van der Waals surface area contributed by atoms with Gasteiger partial charge in [0.25, 0.3) is 5.91 Å². The maximum atomic E-state index is 12.5. The molecule has 1 N–H and O–H groups in total. The van der Waals surface area contributed by atoms with Crippen molar-refractivity contribution in [2.24, 2.45) is 0 Å². The number of H-pyrrole nitrogens is 1. The summed E-state index contributed by atoms with van der Waals surface area (Å²) in [6, 6.07) is 1.98. The smallest absolute Gasteiger partial charge is 0.257 e. The second kappa shape index (κ2) is 4.95. The molecule has 21 heavy (non-hydrogen) atoms. The Hall–Kier alpha value is -2.24. The van der Waals surface area contributed by atoms with Crippen molar-refractivity contribution in [2.45, 2.75) is 31.1 Å². The van der Waals surface area contributed by atoms with Gasteiger partial charge in [0.15, 0.2) is 0 Å². The van der Waals surface area contributed by atoms with Gasteiger partial charge in [-0.2, -0.15) is 5.10 Å². The fraction of sp³-hybridized carbons (Fsp3) is 0.467. The van der Waals surface area contributed by atoms with Crippen LogP contribution in [0.1, 0.15) is 53.0 Å². The van der Waals surface area contributed by atoms with Crippen LogP contribution < -0.4 is 0 Å². The molecule has 1 saturated carbocycles. The topological polar surface area (TPSA) is 74.8 Å². The summed E-state index contributed by atoms with van der Waals surface area (Å²) in [5, 5.41) is 6.97. The number of likely N-dealkylation sites (tertiary alicyclic amines) is 1. The number of hydrogen-bond acceptors (Lipinski definition) is 4. The highest BCUT2D eigenvalue weighted by atomic mass is 16.2. The van der Waals surface area contributed by atoms with Crippen LogP contribution in [0, 0.1) is 0 Å². The third kappa shape index (κ3) is 2.41. The molecule has 0 spiro atoms. The SMILES string of the molecule is O=C(c1cnc(C2CC2)nc1)N1CC[C@@H](c2ccn[nH]2)C1. The highest BCUT2D eigenvalue weighted by Crippen LogP contribution is 2.37. The van der Waals surface area contributed by atoms with Crippen molar-refractivity contribution in [3.63, 3.8) is 0 Å². The lowest BCUT2D eigenvalue weighted by atomic mass is 10.1.